The number of hydrogen-bond donors (Lipinski definition) is 3. The molecule has 0 fully saturated rings. The Morgan fingerprint density at radius 2 is 1.18 bits per heavy atom. The largest absolute Gasteiger partial charge is 0.351 e. The molecule has 0 bridgehead atoms. The van der Waals surface area contributed by atoms with E-state index in [2.05, 4.69) is 25.6 Å². The predicted molar refractivity (Wildman–Crippen MR) is 130 cm³/mol. The second-order valence-corrected chi connectivity index (χ2v) is 8.14. The summed E-state index contributed by atoms with van der Waals surface area (Å²) in [6.45, 7) is 0. The van der Waals surface area contributed by atoms with E-state index in [4.69, 9.17) is 23.2 Å². The number of anilines is 2. The molecule has 2 amide bonds. The Morgan fingerprint density at radius 1 is 0.727 bits per heavy atom. The summed E-state index contributed by atoms with van der Waals surface area (Å²) in [4.78, 5) is 36.7. The number of nitrogens with zero attached hydrogens (tertiary/aromatic N) is 2. The molecule has 0 saturated heterocycles. The number of benzene rings is 2. The molecule has 5 rings (SSSR count). The first-order valence-electron chi connectivity index (χ1n) is 9.87. The van der Waals surface area contributed by atoms with Crippen LogP contribution in [0.25, 0.3) is 21.8 Å². The Balaban J connectivity index is 1.61. The fraction of sp³-hybridized carbons (Fsp3) is 0. The second kappa shape index (κ2) is 8.54. The Hall–Kier alpha value is -3.94. The third-order valence-corrected chi connectivity index (χ3v) is 5.53. The number of fused-ring (bicyclic) bond motifs is 3. The van der Waals surface area contributed by atoms with Crippen LogP contribution in [0.2, 0.25) is 10.0 Å². The number of hydrogen-bond acceptors (Lipinski definition) is 4. The first-order chi connectivity index (χ1) is 16.0. The summed E-state index contributed by atoms with van der Waals surface area (Å²) in [7, 11) is 0. The van der Waals surface area contributed by atoms with Crippen molar-refractivity contribution in [2.45, 2.75) is 0 Å². The lowest BCUT2D eigenvalue weighted by atomic mass is 10.1. The van der Waals surface area contributed by atoms with E-state index < -0.39 is 0 Å². The van der Waals surface area contributed by atoms with Crippen LogP contribution in [-0.4, -0.2) is 26.8 Å². The summed E-state index contributed by atoms with van der Waals surface area (Å²) in [6, 6.07) is 13.6. The molecule has 0 radical (unpaired) electrons. The van der Waals surface area contributed by atoms with Gasteiger partial charge in [0.05, 0.1) is 33.5 Å². The quantitative estimate of drug-likeness (QED) is 0.300. The van der Waals surface area contributed by atoms with E-state index in [1.165, 1.54) is 12.4 Å². The topological polar surface area (TPSA) is 99.8 Å². The highest BCUT2D eigenvalue weighted by Crippen LogP contribution is 2.38. The van der Waals surface area contributed by atoms with Crippen molar-refractivity contribution in [3.8, 4) is 0 Å². The number of halogens is 2. The summed E-state index contributed by atoms with van der Waals surface area (Å²) >= 11 is 12.7. The number of carbonyl (C=O) groups excluding carboxylic acids is 2. The summed E-state index contributed by atoms with van der Waals surface area (Å²) < 4.78 is 0. The number of aromatic amines is 1. The van der Waals surface area contributed by atoms with E-state index in [0.717, 1.165) is 10.8 Å². The average molecular weight is 476 g/mol. The molecule has 3 N–H and O–H groups in total. The van der Waals surface area contributed by atoms with E-state index in [9.17, 15) is 9.59 Å². The van der Waals surface area contributed by atoms with Crippen LogP contribution >= 0.6 is 23.2 Å². The zero-order valence-corrected chi connectivity index (χ0v) is 18.4. The maximum atomic E-state index is 12.7. The molecule has 33 heavy (non-hydrogen) atoms. The third kappa shape index (κ3) is 4.11. The van der Waals surface area contributed by atoms with Crippen LogP contribution in [0.3, 0.4) is 0 Å². The van der Waals surface area contributed by atoms with Crippen LogP contribution < -0.4 is 10.6 Å². The van der Waals surface area contributed by atoms with Gasteiger partial charge in [-0.1, -0.05) is 23.2 Å². The van der Waals surface area contributed by atoms with Crippen LogP contribution in [0.1, 0.15) is 20.7 Å². The number of rotatable bonds is 4. The minimum Gasteiger partial charge on any atom is -0.351 e. The smallest absolute Gasteiger partial charge is 0.257 e. The van der Waals surface area contributed by atoms with Gasteiger partial charge in [-0.3, -0.25) is 19.6 Å². The van der Waals surface area contributed by atoms with Gasteiger partial charge >= 0.3 is 0 Å². The van der Waals surface area contributed by atoms with E-state index in [1.54, 1.807) is 60.9 Å². The van der Waals surface area contributed by atoms with Gasteiger partial charge in [-0.25, -0.2) is 0 Å². The molecule has 0 aliphatic rings. The van der Waals surface area contributed by atoms with Gasteiger partial charge in [0.2, 0.25) is 0 Å². The first kappa shape index (κ1) is 20.9. The molecule has 3 heterocycles. The van der Waals surface area contributed by atoms with Gasteiger partial charge in [-0.15, -0.1) is 0 Å². The molecule has 0 unspecified atom stereocenters. The summed E-state index contributed by atoms with van der Waals surface area (Å²) in [5, 5.41) is 8.13. The Kier molecular flexibility index (Phi) is 5.42. The van der Waals surface area contributed by atoms with Crippen molar-refractivity contribution in [1.29, 1.82) is 0 Å². The highest BCUT2D eigenvalue weighted by Gasteiger charge is 2.17. The SMILES string of the molecule is O=C(Nc1cc(Cl)cc2c1[nH]c1c(NC(=O)c3cccnc3)cc(Cl)cc12)c1cccnc1. The van der Waals surface area contributed by atoms with Crippen molar-refractivity contribution in [3.63, 3.8) is 0 Å². The minimum absolute atomic E-state index is 0.326. The van der Waals surface area contributed by atoms with Crippen molar-refractivity contribution in [3.05, 3.63) is 94.5 Å². The Bertz CT molecular complexity index is 1400. The zero-order chi connectivity index (χ0) is 22.9. The van der Waals surface area contributed by atoms with Crippen LogP contribution in [0, 0.1) is 0 Å². The average Bonchev–Trinajstić information content (AvgIpc) is 3.19. The Morgan fingerprint density at radius 3 is 1.58 bits per heavy atom. The highest BCUT2D eigenvalue weighted by molar-refractivity contribution is 6.35. The van der Waals surface area contributed by atoms with Crippen LogP contribution in [0.15, 0.2) is 73.3 Å². The molecule has 0 atom stereocenters. The van der Waals surface area contributed by atoms with Crippen molar-refractivity contribution in [2.24, 2.45) is 0 Å². The predicted octanol–water partition coefficient (Wildman–Crippen LogP) is 5.92. The highest BCUT2D eigenvalue weighted by atomic mass is 35.5. The second-order valence-electron chi connectivity index (χ2n) is 7.27. The zero-order valence-electron chi connectivity index (χ0n) is 16.9. The number of amides is 2. The lowest BCUT2D eigenvalue weighted by Gasteiger charge is -2.07. The number of aromatic nitrogens is 3. The molecule has 3 aromatic heterocycles. The number of nitrogens with one attached hydrogen (secondary N) is 3. The maximum Gasteiger partial charge on any atom is 0.257 e. The van der Waals surface area contributed by atoms with E-state index >= 15 is 0 Å². The summed E-state index contributed by atoms with van der Waals surface area (Å²) in [5.74, 6) is -0.651. The van der Waals surface area contributed by atoms with Crippen LogP contribution in [0.5, 0.6) is 0 Å². The maximum absolute atomic E-state index is 12.7. The van der Waals surface area contributed by atoms with E-state index in [0.29, 0.717) is 43.6 Å². The molecule has 0 spiro atoms. The number of carbonyl (C=O) groups is 2. The molecular formula is C24H15Cl2N5O2. The number of pyridine rings is 2. The lowest BCUT2D eigenvalue weighted by molar-refractivity contribution is 0.101. The fourth-order valence-corrected chi connectivity index (χ4v) is 4.05. The van der Waals surface area contributed by atoms with Gasteiger partial charge in [0.15, 0.2) is 0 Å². The normalized spacial score (nSPS) is 11.0. The van der Waals surface area contributed by atoms with E-state index in [1.807, 2.05) is 0 Å². The van der Waals surface area contributed by atoms with Crippen LogP contribution in [0.4, 0.5) is 11.4 Å². The molecule has 0 saturated carbocycles. The molecule has 5 aromatic rings. The molecule has 9 heteroatoms. The van der Waals surface area contributed by atoms with Crippen molar-refractivity contribution in [1.82, 2.24) is 15.0 Å². The molecule has 0 aliphatic heterocycles. The third-order valence-electron chi connectivity index (χ3n) is 5.09. The lowest BCUT2D eigenvalue weighted by Crippen LogP contribution is -2.12. The van der Waals surface area contributed by atoms with Gasteiger partial charge in [0.25, 0.3) is 11.8 Å². The van der Waals surface area contributed by atoms with Gasteiger partial charge in [-0.05, 0) is 48.5 Å². The fourth-order valence-electron chi connectivity index (χ4n) is 3.61. The van der Waals surface area contributed by atoms with Gasteiger partial charge in [0, 0.05) is 45.6 Å². The van der Waals surface area contributed by atoms with Crippen molar-refractivity contribution < 1.29 is 9.59 Å². The van der Waals surface area contributed by atoms with Gasteiger partial charge < -0.3 is 15.6 Å². The molecule has 2 aromatic carbocycles. The minimum atomic E-state index is -0.326. The number of H-pyrrole nitrogens is 1. The summed E-state index contributed by atoms with van der Waals surface area (Å²) in [6.07, 6.45) is 6.15. The van der Waals surface area contributed by atoms with Crippen LogP contribution in [-0.2, 0) is 0 Å². The van der Waals surface area contributed by atoms with Gasteiger partial charge in [0.1, 0.15) is 0 Å². The molecule has 162 valence electrons. The van der Waals surface area contributed by atoms with Gasteiger partial charge in [-0.2, -0.15) is 0 Å². The molecule has 7 nitrogen and oxygen atoms in total. The monoisotopic (exact) mass is 475 g/mol. The molecule has 0 aliphatic carbocycles. The van der Waals surface area contributed by atoms with Crippen molar-refractivity contribution in [2.75, 3.05) is 10.6 Å². The standard InChI is InChI=1S/C24H15Cl2N5O2/c25-15-7-17-18-8-16(26)10-20(30-24(33)14-4-2-6-28-12-14)22(18)31-21(17)19(9-15)29-23(32)13-3-1-5-27-11-13/h1-12,31H,(H,29,32)(H,30,33). The van der Waals surface area contributed by atoms with Crippen molar-refractivity contribution >= 4 is 68.2 Å². The molecular weight excluding hydrogens is 461 g/mol. The van der Waals surface area contributed by atoms with E-state index in [-0.39, 0.29) is 11.8 Å². The Labute approximate surface area is 197 Å². The first-order valence-corrected chi connectivity index (χ1v) is 10.6. The summed E-state index contributed by atoms with van der Waals surface area (Å²) in [5.41, 5.74) is 3.09.